The zero-order valence-electron chi connectivity index (χ0n) is 18.2. The van der Waals surface area contributed by atoms with Gasteiger partial charge in [0.25, 0.3) is 0 Å². The van der Waals surface area contributed by atoms with Crippen LogP contribution in [0.5, 0.6) is 5.75 Å². The second-order valence-corrected chi connectivity index (χ2v) is 8.68. The van der Waals surface area contributed by atoms with Crippen LogP contribution in [0, 0.1) is 0 Å². The van der Waals surface area contributed by atoms with Crippen molar-refractivity contribution in [1.29, 1.82) is 0 Å². The highest BCUT2D eigenvalue weighted by Gasteiger charge is 2.30. The number of hydrogen-bond donors (Lipinski definition) is 2. The number of methoxy groups -OCH3 is 1. The number of benzene rings is 2. The number of hydrogen-bond acceptors (Lipinski definition) is 9. The number of ether oxygens (including phenoxy) is 1. The molecule has 0 saturated heterocycles. The maximum absolute atomic E-state index is 5.96. The van der Waals surface area contributed by atoms with Gasteiger partial charge in [0.1, 0.15) is 17.4 Å². The number of nitrogens with two attached hydrogens (primary N) is 1. The van der Waals surface area contributed by atoms with E-state index in [2.05, 4.69) is 47.2 Å². The van der Waals surface area contributed by atoms with E-state index in [0.29, 0.717) is 29.2 Å². The standard InChI is InChI=1S/C23H24N8OS/c1-32-18-10-6-5-9-17(18)25-22-27-19(26-21(24)28-22)14-33-23-30-29-20(16-11-12-16)31(23)13-15-7-3-2-4-8-15/h2-10,16H,11-14H2,1H3,(H3,24,25,26,27,28). The lowest BCUT2D eigenvalue weighted by Crippen LogP contribution is -2.08. The van der Waals surface area contributed by atoms with Crippen molar-refractivity contribution in [1.82, 2.24) is 29.7 Å². The van der Waals surface area contributed by atoms with Crippen molar-refractivity contribution in [2.24, 2.45) is 0 Å². The Morgan fingerprint density at radius 2 is 1.82 bits per heavy atom. The van der Waals surface area contributed by atoms with Crippen molar-refractivity contribution in [3.8, 4) is 5.75 Å². The SMILES string of the molecule is COc1ccccc1Nc1nc(N)nc(CSc2nnc(C3CC3)n2Cc2ccccc2)n1. The number of para-hydroxylation sites is 2. The predicted octanol–water partition coefficient (Wildman–Crippen LogP) is 4.02. The van der Waals surface area contributed by atoms with E-state index in [4.69, 9.17) is 10.5 Å². The molecule has 0 spiro atoms. The van der Waals surface area contributed by atoms with Gasteiger partial charge in [-0.25, -0.2) is 0 Å². The molecule has 5 rings (SSSR count). The summed E-state index contributed by atoms with van der Waals surface area (Å²) in [4.78, 5) is 13.1. The number of thioether (sulfide) groups is 1. The topological polar surface area (TPSA) is 117 Å². The van der Waals surface area contributed by atoms with Crippen LogP contribution in [0.25, 0.3) is 0 Å². The normalized spacial score (nSPS) is 13.1. The molecule has 9 nitrogen and oxygen atoms in total. The fourth-order valence-corrected chi connectivity index (χ4v) is 4.32. The minimum Gasteiger partial charge on any atom is -0.495 e. The van der Waals surface area contributed by atoms with Gasteiger partial charge in [-0.1, -0.05) is 54.2 Å². The maximum atomic E-state index is 5.96. The number of aromatic nitrogens is 6. The number of nitrogens with zero attached hydrogens (tertiary/aromatic N) is 6. The number of nitrogen functional groups attached to an aromatic ring is 1. The van der Waals surface area contributed by atoms with E-state index in [-0.39, 0.29) is 5.95 Å². The van der Waals surface area contributed by atoms with Crippen LogP contribution in [0.3, 0.4) is 0 Å². The van der Waals surface area contributed by atoms with Crippen molar-refractivity contribution in [2.45, 2.75) is 36.2 Å². The number of nitrogens with one attached hydrogen (secondary N) is 1. The maximum Gasteiger partial charge on any atom is 0.232 e. The third kappa shape index (κ3) is 5.06. The Hall–Kier alpha value is -3.66. The molecular formula is C23H24N8OS. The summed E-state index contributed by atoms with van der Waals surface area (Å²) in [6.07, 6.45) is 2.33. The Morgan fingerprint density at radius 1 is 1.03 bits per heavy atom. The minimum absolute atomic E-state index is 0.155. The molecule has 168 valence electrons. The molecule has 2 heterocycles. The molecule has 0 radical (unpaired) electrons. The van der Waals surface area contributed by atoms with Crippen LogP contribution in [0.1, 0.15) is 36.0 Å². The lowest BCUT2D eigenvalue weighted by Gasteiger charge is -2.11. The van der Waals surface area contributed by atoms with Gasteiger partial charge in [-0.15, -0.1) is 10.2 Å². The van der Waals surface area contributed by atoms with E-state index in [9.17, 15) is 0 Å². The smallest absolute Gasteiger partial charge is 0.232 e. The molecule has 3 N–H and O–H groups in total. The molecule has 0 aliphatic heterocycles. The molecular weight excluding hydrogens is 436 g/mol. The first-order valence-corrected chi connectivity index (χ1v) is 11.7. The first-order valence-electron chi connectivity index (χ1n) is 10.7. The quantitative estimate of drug-likeness (QED) is 0.357. The Morgan fingerprint density at radius 3 is 2.61 bits per heavy atom. The molecule has 1 fully saturated rings. The first-order chi connectivity index (χ1) is 16.2. The summed E-state index contributed by atoms with van der Waals surface area (Å²) in [6.45, 7) is 0.738. The summed E-state index contributed by atoms with van der Waals surface area (Å²) in [5.41, 5.74) is 7.93. The van der Waals surface area contributed by atoms with Gasteiger partial charge in [-0.3, -0.25) is 0 Å². The van der Waals surface area contributed by atoms with Gasteiger partial charge < -0.3 is 20.4 Å². The van der Waals surface area contributed by atoms with E-state index in [1.54, 1.807) is 18.9 Å². The van der Waals surface area contributed by atoms with Crippen LogP contribution >= 0.6 is 11.8 Å². The van der Waals surface area contributed by atoms with Gasteiger partial charge in [-0.2, -0.15) is 15.0 Å². The number of anilines is 3. The minimum atomic E-state index is 0.155. The van der Waals surface area contributed by atoms with Crippen LogP contribution in [0.2, 0.25) is 0 Å². The second-order valence-electron chi connectivity index (χ2n) is 7.73. The lowest BCUT2D eigenvalue weighted by molar-refractivity contribution is 0.417. The molecule has 0 amide bonds. The van der Waals surface area contributed by atoms with E-state index in [0.717, 1.165) is 23.2 Å². The van der Waals surface area contributed by atoms with Gasteiger partial charge in [0, 0.05) is 5.92 Å². The highest BCUT2D eigenvalue weighted by molar-refractivity contribution is 7.98. The molecule has 4 aromatic rings. The van der Waals surface area contributed by atoms with Gasteiger partial charge in [0.2, 0.25) is 11.9 Å². The Bertz CT molecular complexity index is 1240. The van der Waals surface area contributed by atoms with Gasteiger partial charge >= 0.3 is 0 Å². The molecule has 0 atom stereocenters. The summed E-state index contributed by atoms with van der Waals surface area (Å²) >= 11 is 1.55. The monoisotopic (exact) mass is 460 g/mol. The molecule has 0 unspecified atom stereocenters. The average Bonchev–Trinajstić information content (AvgIpc) is 3.60. The third-order valence-corrected chi connectivity index (χ3v) is 6.22. The largest absolute Gasteiger partial charge is 0.495 e. The van der Waals surface area contributed by atoms with Crippen LogP contribution in [0.15, 0.2) is 59.8 Å². The molecule has 33 heavy (non-hydrogen) atoms. The summed E-state index contributed by atoms with van der Waals surface area (Å²) in [5, 5.41) is 13.0. The van der Waals surface area contributed by atoms with E-state index < -0.39 is 0 Å². The van der Waals surface area contributed by atoms with Crippen molar-refractivity contribution >= 4 is 29.3 Å². The molecule has 2 aromatic carbocycles. The van der Waals surface area contributed by atoms with E-state index in [1.165, 1.54) is 18.4 Å². The summed E-state index contributed by atoms with van der Waals surface area (Å²) in [7, 11) is 1.62. The van der Waals surface area contributed by atoms with Crippen LogP contribution in [0.4, 0.5) is 17.6 Å². The van der Waals surface area contributed by atoms with Crippen molar-refractivity contribution in [2.75, 3.05) is 18.2 Å². The van der Waals surface area contributed by atoms with Crippen molar-refractivity contribution in [3.05, 3.63) is 71.8 Å². The Kier molecular flexibility index (Phi) is 6.07. The summed E-state index contributed by atoms with van der Waals surface area (Å²) in [6, 6.07) is 17.9. The zero-order chi connectivity index (χ0) is 22.6. The van der Waals surface area contributed by atoms with Crippen LogP contribution in [-0.2, 0) is 12.3 Å². The summed E-state index contributed by atoms with van der Waals surface area (Å²) < 4.78 is 7.59. The second kappa shape index (κ2) is 9.45. The lowest BCUT2D eigenvalue weighted by atomic mass is 10.2. The highest BCUT2D eigenvalue weighted by Crippen LogP contribution is 2.40. The molecule has 0 bridgehead atoms. The fraction of sp³-hybridized carbons (Fsp3) is 0.261. The molecule has 1 aliphatic carbocycles. The molecule has 1 aliphatic rings. The van der Waals surface area contributed by atoms with Gasteiger partial charge in [0.05, 0.1) is 25.1 Å². The van der Waals surface area contributed by atoms with Crippen molar-refractivity contribution in [3.63, 3.8) is 0 Å². The zero-order valence-corrected chi connectivity index (χ0v) is 19.0. The Balaban J connectivity index is 1.34. The molecule has 10 heteroatoms. The first kappa shape index (κ1) is 21.2. The molecule has 1 saturated carbocycles. The van der Waals surface area contributed by atoms with Crippen molar-refractivity contribution < 1.29 is 4.74 Å². The third-order valence-electron chi connectivity index (χ3n) is 5.25. The fourth-order valence-electron chi connectivity index (χ4n) is 3.52. The van der Waals surface area contributed by atoms with E-state index in [1.807, 2.05) is 42.5 Å². The average molecular weight is 461 g/mol. The van der Waals surface area contributed by atoms with E-state index >= 15 is 0 Å². The highest BCUT2D eigenvalue weighted by atomic mass is 32.2. The van der Waals surface area contributed by atoms with Gasteiger partial charge in [0.15, 0.2) is 5.16 Å². The summed E-state index contributed by atoms with van der Waals surface area (Å²) in [5.74, 6) is 3.82. The van der Waals surface area contributed by atoms with Crippen LogP contribution < -0.4 is 15.8 Å². The predicted molar refractivity (Wildman–Crippen MR) is 128 cm³/mol. The van der Waals surface area contributed by atoms with Crippen LogP contribution in [-0.4, -0.2) is 36.8 Å². The van der Waals surface area contributed by atoms with Gasteiger partial charge in [-0.05, 0) is 30.5 Å². The Labute approximate surface area is 195 Å². The number of rotatable bonds is 9. The molecule has 2 aromatic heterocycles.